The van der Waals surface area contributed by atoms with Crippen molar-refractivity contribution in [2.24, 2.45) is 0 Å². The zero-order valence-corrected chi connectivity index (χ0v) is 31.2. The summed E-state index contributed by atoms with van der Waals surface area (Å²) in [6, 6.07) is 4.62. The van der Waals surface area contributed by atoms with Gasteiger partial charge in [-0.15, -0.1) is 0 Å². The third-order valence-electron chi connectivity index (χ3n) is 9.94. The van der Waals surface area contributed by atoms with Gasteiger partial charge in [0.1, 0.15) is 0 Å². The van der Waals surface area contributed by atoms with Crippen molar-refractivity contribution in [3.05, 3.63) is 28.8 Å². The molecule has 1 N–H and O–H groups in total. The maximum Gasteiger partial charge on any atom is 0.0385 e. The summed E-state index contributed by atoms with van der Waals surface area (Å²) >= 11 is 1.00. The van der Waals surface area contributed by atoms with Gasteiger partial charge in [-0.1, -0.05) is 200 Å². The molecule has 0 bridgehead atoms. The van der Waals surface area contributed by atoms with Crippen molar-refractivity contribution in [1.29, 1.82) is 0 Å². The molecular formula is C42H78OS. The molecule has 0 aliphatic heterocycles. The van der Waals surface area contributed by atoms with Crippen LogP contribution in [-0.2, 0) is 19.3 Å². The Morgan fingerprint density at radius 1 is 0.364 bits per heavy atom. The van der Waals surface area contributed by atoms with Crippen LogP contribution in [0.5, 0.6) is 0 Å². The molecule has 44 heavy (non-hydrogen) atoms. The number of unbranched alkanes of at least 4 members (excludes halogenated alkanes) is 27. The van der Waals surface area contributed by atoms with Crippen LogP contribution in [0, 0.1) is 0 Å². The number of hydrogen-bond donors (Lipinski definition) is 1. The fraction of sp³-hybridized carbons (Fsp3) is 0.857. The van der Waals surface area contributed by atoms with E-state index in [0.29, 0.717) is 0 Å². The first-order valence-corrected chi connectivity index (χ1v) is 21.0. The van der Waals surface area contributed by atoms with E-state index in [1.807, 2.05) is 0 Å². The van der Waals surface area contributed by atoms with Gasteiger partial charge in [-0.05, 0) is 61.3 Å². The summed E-state index contributed by atoms with van der Waals surface area (Å²) in [4.78, 5) is 1.13. The highest BCUT2D eigenvalue weighted by Gasteiger charge is 2.14. The zero-order chi connectivity index (χ0) is 31.8. The predicted molar refractivity (Wildman–Crippen MR) is 202 cm³/mol. The highest BCUT2D eigenvalue weighted by molar-refractivity contribution is 7.93. The molecule has 2 heteroatoms. The Morgan fingerprint density at radius 2 is 0.659 bits per heavy atom. The average Bonchev–Trinajstić information content (AvgIpc) is 3.04. The molecule has 0 heterocycles. The molecule has 0 amide bonds. The monoisotopic (exact) mass is 631 g/mol. The van der Waals surface area contributed by atoms with Gasteiger partial charge in [0.15, 0.2) is 0 Å². The lowest BCUT2D eigenvalue weighted by molar-refractivity contribution is 0.550. The molecule has 0 saturated heterocycles. The lowest BCUT2D eigenvalue weighted by Gasteiger charge is -2.18. The van der Waals surface area contributed by atoms with Crippen LogP contribution in [0.15, 0.2) is 17.0 Å². The van der Waals surface area contributed by atoms with Crippen LogP contribution in [0.2, 0.25) is 0 Å². The maximum atomic E-state index is 10.2. The molecule has 1 aromatic carbocycles. The molecule has 0 atom stereocenters. The molecule has 1 rings (SSSR count). The molecule has 0 aliphatic carbocycles. The van der Waals surface area contributed by atoms with Crippen LogP contribution in [0.3, 0.4) is 0 Å². The summed E-state index contributed by atoms with van der Waals surface area (Å²) in [6.07, 6.45) is 45.4. The number of aryl methyl sites for hydroxylation is 1. The van der Waals surface area contributed by atoms with Gasteiger partial charge in [-0.3, -0.25) is 0 Å². The van der Waals surface area contributed by atoms with E-state index in [9.17, 15) is 4.55 Å². The fourth-order valence-corrected chi connectivity index (χ4v) is 7.47. The number of hydrogen-bond acceptors (Lipinski definition) is 2. The fourth-order valence-electron chi connectivity index (χ4n) is 7.01. The highest BCUT2D eigenvalue weighted by atomic mass is 32.2. The number of rotatable bonds is 34. The molecule has 0 spiro atoms. The van der Waals surface area contributed by atoms with Gasteiger partial charge in [-0.2, -0.15) is 0 Å². The molecule has 258 valence electrons. The molecular weight excluding hydrogens is 553 g/mol. The Hall–Kier alpha value is -0.470. The lowest BCUT2D eigenvalue weighted by Crippen LogP contribution is -2.04. The third-order valence-corrected chi connectivity index (χ3v) is 10.5. The highest BCUT2D eigenvalue weighted by Crippen LogP contribution is 2.31. The SMILES string of the molecule is CCCCCCCCCCCCc1ccc(SO)c(CCCCCCCCCCCC)c1CCCCCCCCCCCC. The van der Waals surface area contributed by atoms with Crippen molar-refractivity contribution < 1.29 is 4.55 Å². The lowest BCUT2D eigenvalue weighted by atomic mass is 9.90. The first-order chi connectivity index (χ1) is 21.8. The molecule has 0 aromatic heterocycles. The maximum absolute atomic E-state index is 10.2. The molecule has 0 saturated carbocycles. The molecule has 1 aromatic rings. The Balaban J connectivity index is 2.57. The summed E-state index contributed by atoms with van der Waals surface area (Å²) in [5.74, 6) is 0. The van der Waals surface area contributed by atoms with Crippen LogP contribution in [0.25, 0.3) is 0 Å². The summed E-state index contributed by atoms with van der Waals surface area (Å²) in [5, 5.41) is 0. The molecule has 1 nitrogen and oxygen atoms in total. The van der Waals surface area contributed by atoms with E-state index >= 15 is 0 Å². The van der Waals surface area contributed by atoms with E-state index in [0.717, 1.165) is 23.4 Å². The van der Waals surface area contributed by atoms with Gasteiger partial charge in [-0.25, -0.2) is 0 Å². The predicted octanol–water partition coefficient (Wildman–Crippen LogP) is 15.6. The van der Waals surface area contributed by atoms with E-state index in [4.69, 9.17) is 0 Å². The Bertz CT molecular complexity index is 729. The van der Waals surface area contributed by atoms with Crippen LogP contribution >= 0.6 is 12.0 Å². The first kappa shape index (κ1) is 41.6. The minimum absolute atomic E-state index is 1.00. The third kappa shape index (κ3) is 22.9. The summed E-state index contributed by atoms with van der Waals surface area (Å²) in [7, 11) is 0. The Kier molecular flexibility index (Phi) is 30.7. The van der Waals surface area contributed by atoms with Gasteiger partial charge in [0.05, 0.1) is 0 Å². The minimum Gasteiger partial charge on any atom is -0.325 e. The Morgan fingerprint density at radius 3 is 1.00 bits per heavy atom. The van der Waals surface area contributed by atoms with Crippen molar-refractivity contribution in [1.82, 2.24) is 0 Å². The quantitative estimate of drug-likeness (QED) is 0.0604. The van der Waals surface area contributed by atoms with Crippen LogP contribution in [0.1, 0.15) is 230 Å². The smallest absolute Gasteiger partial charge is 0.0385 e. The van der Waals surface area contributed by atoms with Crippen molar-refractivity contribution in [3.63, 3.8) is 0 Å². The van der Waals surface area contributed by atoms with E-state index in [1.165, 1.54) is 211 Å². The Labute approximate surface area is 282 Å². The second kappa shape index (κ2) is 32.5. The van der Waals surface area contributed by atoms with E-state index in [2.05, 4.69) is 32.9 Å². The normalized spacial score (nSPS) is 11.5. The van der Waals surface area contributed by atoms with Gasteiger partial charge in [0, 0.05) is 16.9 Å². The van der Waals surface area contributed by atoms with Crippen molar-refractivity contribution in [2.75, 3.05) is 0 Å². The number of benzene rings is 1. The van der Waals surface area contributed by atoms with Crippen molar-refractivity contribution >= 4 is 12.0 Å². The minimum atomic E-state index is 1.00. The molecule has 0 radical (unpaired) electrons. The van der Waals surface area contributed by atoms with Crippen LogP contribution < -0.4 is 0 Å². The largest absolute Gasteiger partial charge is 0.325 e. The topological polar surface area (TPSA) is 20.2 Å². The second-order valence-corrected chi connectivity index (χ2v) is 14.7. The van der Waals surface area contributed by atoms with Gasteiger partial charge < -0.3 is 4.55 Å². The molecule has 0 fully saturated rings. The molecule has 0 aliphatic rings. The summed E-state index contributed by atoms with van der Waals surface area (Å²) < 4.78 is 10.2. The van der Waals surface area contributed by atoms with Crippen LogP contribution in [-0.4, -0.2) is 4.55 Å². The average molecular weight is 631 g/mol. The van der Waals surface area contributed by atoms with E-state index < -0.39 is 0 Å². The van der Waals surface area contributed by atoms with Crippen molar-refractivity contribution in [2.45, 2.75) is 238 Å². The van der Waals surface area contributed by atoms with Crippen LogP contribution in [0.4, 0.5) is 0 Å². The van der Waals surface area contributed by atoms with Gasteiger partial charge in [0.2, 0.25) is 0 Å². The first-order valence-electron chi connectivity index (χ1n) is 20.2. The second-order valence-electron chi connectivity index (χ2n) is 14.1. The zero-order valence-electron chi connectivity index (χ0n) is 30.3. The van der Waals surface area contributed by atoms with E-state index in [-0.39, 0.29) is 0 Å². The summed E-state index contributed by atoms with van der Waals surface area (Å²) in [5.41, 5.74) is 4.72. The van der Waals surface area contributed by atoms with E-state index in [1.54, 1.807) is 11.1 Å². The summed E-state index contributed by atoms with van der Waals surface area (Å²) in [6.45, 7) is 6.91. The molecule has 0 unspecified atom stereocenters. The van der Waals surface area contributed by atoms with Crippen molar-refractivity contribution in [3.8, 4) is 0 Å². The van der Waals surface area contributed by atoms with Gasteiger partial charge in [0.25, 0.3) is 0 Å². The standard InChI is InChI=1S/C42H78OS/c1-4-7-10-13-16-19-22-25-28-31-34-39-37-38-42(44-43)41(36-33-30-27-24-21-18-15-12-9-6-3)40(39)35-32-29-26-23-20-17-14-11-8-5-2/h37-38,43H,4-36H2,1-3H3. The van der Waals surface area contributed by atoms with Gasteiger partial charge >= 0.3 is 0 Å².